The number of fused-ring (bicyclic) bond motifs is 2. The summed E-state index contributed by atoms with van der Waals surface area (Å²) in [5.41, 5.74) is 3.41. The molecular formula is C24H20N2O5. The molecule has 3 aromatic carbocycles. The van der Waals surface area contributed by atoms with Crippen molar-refractivity contribution in [2.45, 2.75) is 12.7 Å². The lowest BCUT2D eigenvalue weighted by Gasteiger charge is -2.28. The van der Waals surface area contributed by atoms with Crippen LogP contribution < -0.4 is 14.8 Å². The third kappa shape index (κ3) is 3.34. The van der Waals surface area contributed by atoms with E-state index in [9.17, 15) is 9.59 Å². The van der Waals surface area contributed by atoms with Crippen LogP contribution >= 0.6 is 0 Å². The Bertz CT molecular complexity index is 1180. The fourth-order valence-corrected chi connectivity index (χ4v) is 3.97. The standard InChI is InChI=1S/C24H20N2O5/c1-29-24(28)18-8-4-5-9-19(18)25-22-16-6-2-3-7-17(16)23(27)26(22)13-15-10-11-20-21(12-15)31-14-30-20/h2-12,22,25H,13-14H2,1H3/t22-/m0/s1. The number of esters is 1. The van der Waals surface area contributed by atoms with Gasteiger partial charge in [-0.25, -0.2) is 4.79 Å². The smallest absolute Gasteiger partial charge is 0.339 e. The van der Waals surface area contributed by atoms with Crippen LogP contribution in [0.5, 0.6) is 11.5 Å². The summed E-state index contributed by atoms with van der Waals surface area (Å²) < 4.78 is 15.8. The zero-order valence-corrected chi connectivity index (χ0v) is 16.8. The average molecular weight is 416 g/mol. The number of carbonyl (C=O) groups excluding carboxylic acids is 2. The van der Waals surface area contributed by atoms with Crippen LogP contribution in [0.25, 0.3) is 0 Å². The summed E-state index contributed by atoms with van der Waals surface area (Å²) in [5, 5.41) is 3.38. The molecule has 3 aromatic rings. The zero-order valence-electron chi connectivity index (χ0n) is 16.8. The maximum absolute atomic E-state index is 13.2. The second-order valence-corrected chi connectivity index (χ2v) is 7.29. The van der Waals surface area contributed by atoms with Crippen molar-refractivity contribution >= 4 is 17.6 Å². The van der Waals surface area contributed by atoms with Crippen LogP contribution in [0.1, 0.15) is 38.0 Å². The Balaban J connectivity index is 1.50. The molecule has 0 aliphatic carbocycles. The van der Waals surface area contributed by atoms with E-state index in [1.54, 1.807) is 23.1 Å². The fraction of sp³-hybridized carbons (Fsp3) is 0.167. The number of para-hydroxylation sites is 1. The maximum atomic E-state index is 13.2. The molecule has 1 N–H and O–H groups in total. The summed E-state index contributed by atoms with van der Waals surface area (Å²) in [6.45, 7) is 0.559. The van der Waals surface area contributed by atoms with Gasteiger partial charge in [0.2, 0.25) is 6.79 Å². The van der Waals surface area contributed by atoms with Crippen LogP contribution in [-0.2, 0) is 11.3 Å². The summed E-state index contributed by atoms with van der Waals surface area (Å²) in [6.07, 6.45) is -0.445. The van der Waals surface area contributed by atoms with Crippen LogP contribution in [0.15, 0.2) is 66.7 Å². The maximum Gasteiger partial charge on any atom is 0.339 e. The van der Waals surface area contributed by atoms with Gasteiger partial charge in [-0.2, -0.15) is 0 Å². The second-order valence-electron chi connectivity index (χ2n) is 7.29. The molecule has 1 amide bonds. The van der Waals surface area contributed by atoms with Crippen molar-refractivity contribution in [3.8, 4) is 11.5 Å². The number of rotatable bonds is 5. The first-order chi connectivity index (χ1) is 15.2. The largest absolute Gasteiger partial charge is 0.465 e. The monoisotopic (exact) mass is 416 g/mol. The Morgan fingerprint density at radius 3 is 2.71 bits per heavy atom. The second kappa shape index (κ2) is 7.68. The highest BCUT2D eigenvalue weighted by atomic mass is 16.7. The molecule has 0 saturated heterocycles. The predicted molar refractivity (Wildman–Crippen MR) is 113 cm³/mol. The highest BCUT2D eigenvalue weighted by Gasteiger charge is 2.37. The molecule has 31 heavy (non-hydrogen) atoms. The van der Waals surface area contributed by atoms with Crippen molar-refractivity contribution in [1.82, 2.24) is 4.90 Å². The van der Waals surface area contributed by atoms with Gasteiger partial charge in [-0.1, -0.05) is 36.4 Å². The molecule has 0 unspecified atom stereocenters. The number of ether oxygens (including phenoxy) is 3. The van der Waals surface area contributed by atoms with Crippen molar-refractivity contribution in [2.75, 3.05) is 19.2 Å². The average Bonchev–Trinajstić information content (AvgIpc) is 3.37. The Morgan fingerprint density at radius 2 is 1.84 bits per heavy atom. The molecule has 7 nitrogen and oxygen atoms in total. The molecule has 156 valence electrons. The Labute approximate surface area is 179 Å². The lowest BCUT2D eigenvalue weighted by Crippen LogP contribution is -2.32. The van der Waals surface area contributed by atoms with E-state index in [1.165, 1.54) is 7.11 Å². The summed E-state index contributed by atoms with van der Waals surface area (Å²) in [6, 6.07) is 20.2. The molecule has 0 aromatic heterocycles. The van der Waals surface area contributed by atoms with Gasteiger partial charge in [0, 0.05) is 17.7 Å². The number of hydrogen-bond donors (Lipinski definition) is 1. The minimum Gasteiger partial charge on any atom is -0.465 e. The minimum absolute atomic E-state index is 0.0821. The Hall–Kier alpha value is -4.00. The summed E-state index contributed by atoms with van der Waals surface area (Å²) in [7, 11) is 1.35. The molecule has 0 fully saturated rings. The van der Waals surface area contributed by atoms with Crippen molar-refractivity contribution in [3.63, 3.8) is 0 Å². The normalized spacial score (nSPS) is 16.2. The molecular weight excluding hydrogens is 396 g/mol. The SMILES string of the molecule is COC(=O)c1ccccc1N[C@@H]1c2ccccc2C(=O)N1Cc1ccc2c(c1)OCO2. The highest BCUT2D eigenvalue weighted by molar-refractivity contribution is 6.00. The third-order valence-corrected chi connectivity index (χ3v) is 5.47. The molecule has 2 heterocycles. The number of methoxy groups -OCH3 is 1. The quantitative estimate of drug-likeness (QED) is 0.635. The van der Waals surface area contributed by atoms with E-state index in [0.717, 1.165) is 11.1 Å². The summed E-state index contributed by atoms with van der Waals surface area (Å²) in [4.78, 5) is 27.2. The van der Waals surface area contributed by atoms with Crippen LogP contribution in [-0.4, -0.2) is 30.7 Å². The van der Waals surface area contributed by atoms with Gasteiger partial charge in [-0.15, -0.1) is 0 Å². The molecule has 7 heteroatoms. The van der Waals surface area contributed by atoms with E-state index in [1.807, 2.05) is 48.5 Å². The third-order valence-electron chi connectivity index (χ3n) is 5.47. The number of nitrogens with zero attached hydrogens (tertiary/aromatic N) is 1. The highest BCUT2D eigenvalue weighted by Crippen LogP contribution is 2.38. The number of amides is 1. The van der Waals surface area contributed by atoms with Gasteiger partial charge in [0.15, 0.2) is 11.5 Å². The van der Waals surface area contributed by atoms with Gasteiger partial charge < -0.3 is 24.4 Å². The first kappa shape index (κ1) is 19.0. The first-order valence-electron chi connectivity index (χ1n) is 9.88. The van der Waals surface area contributed by atoms with Gasteiger partial charge in [0.05, 0.1) is 18.4 Å². The molecule has 0 radical (unpaired) electrons. The summed E-state index contributed by atoms with van der Waals surface area (Å²) >= 11 is 0. The predicted octanol–water partition coefficient (Wildman–Crippen LogP) is 3.97. The van der Waals surface area contributed by atoms with Crippen LogP contribution in [0.4, 0.5) is 5.69 Å². The molecule has 0 spiro atoms. The van der Waals surface area contributed by atoms with E-state index in [0.29, 0.717) is 34.9 Å². The van der Waals surface area contributed by atoms with Gasteiger partial charge in [-0.05, 0) is 35.9 Å². The van der Waals surface area contributed by atoms with Gasteiger partial charge in [-0.3, -0.25) is 4.79 Å². The fourth-order valence-electron chi connectivity index (χ4n) is 3.97. The van der Waals surface area contributed by atoms with Crippen LogP contribution in [0.2, 0.25) is 0 Å². The van der Waals surface area contributed by atoms with Crippen LogP contribution in [0, 0.1) is 0 Å². The number of anilines is 1. The Morgan fingerprint density at radius 1 is 1.06 bits per heavy atom. The van der Waals surface area contributed by atoms with Gasteiger partial charge >= 0.3 is 5.97 Å². The van der Waals surface area contributed by atoms with Crippen molar-refractivity contribution in [2.24, 2.45) is 0 Å². The van der Waals surface area contributed by atoms with Gasteiger partial charge in [0.1, 0.15) is 6.17 Å². The minimum atomic E-state index is -0.445. The zero-order chi connectivity index (χ0) is 21.4. The van der Waals surface area contributed by atoms with E-state index >= 15 is 0 Å². The van der Waals surface area contributed by atoms with Crippen molar-refractivity contribution in [3.05, 3.63) is 89.0 Å². The van der Waals surface area contributed by atoms with E-state index < -0.39 is 12.1 Å². The van der Waals surface area contributed by atoms with E-state index in [4.69, 9.17) is 14.2 Å². The lowest BCUT2D eigenvalue weighted by molar-refractivity contribution is 0.0601. The van der Waals surface area contributed by atoms with Gasteiger partial charge in [0.25, 0.3) is 5.91 Å². The van der Waals surface area contributed by atoms with Crippen molar-refractivity contribution in [1.29, 1.82) is 0 Å². The molecule has 2 aliphatic heterocycles. The lowest BCUT2D eigenvalue weighted by atomic mass is 10.1. The van der Waals surface area contributed by atoms with Crippen molar-refractivity contribution < 1.29 is 23.8 Å². The number of benzene rings is 3. The van der Waals surface area contributed by atoms with E-state index in [2.05, 4.69) is 5.32 Å². The number of hydrogen-bond acceptors (Lipinski definition) is 6. The summed E-state index contributed by atoms with van der Waals surface area (Å²) in [5.74, 6) is 0.841. The topological polar surface area (TPSA) is 77.1 Å². The molecule has 0 bridgehead atoms. The number of nitrogens with one attached hydrogen (secondary N) is 1. The molecule has 1 atom stereocenters. The molecule has 0 saturated carbocycles. The first-order valence-corrected chi connectivity index (χ1v) is 9.88. The molecule has 2 aliphatic rings. The molecule has 5 rings (SSSR count). The number of carbonyl (C=O) groups is 2. The Kier molecular flexibility index (Phi) is 4.71. The van der Waals surface area contributed by atoms with E-state index in [-0.39, 0.29) is 12.7 Å². The van der Waals surface area contributed by atoms with Crippen LogP contribution in [0.3, 0.4) is 0 Å².